The molecule has 3 rings (SSSR count). The Morgan fingerprint density at radius 1 is 1.15 bits per heavy atom. The summed E-state index contributed by atoms with van der Waals surface area (Å²) in [5.41, 5.74) is 0. The van der Waals surface area contributed by atoms with Crippen molar-refractivity contribution >= 4 is 37.9 Å². The standard InChI is InChI=1S/C12H16ClN3O2S2/c13-10-11(16-8-9-19-12(16)14-10)20(17,18)15-6-4-2-1-3-5-7-15/h8-9H,1-7H2. The van der Waals surface area contributed by atoms with Crippen molar-refractivity contribution in [2.75, 3.05) is 13.1 Å². The van der Waals surface area contributed by atoms with Crippen molar-refractivity contribution in [2.24, 2.45) is 0 Å². The Labute approximate surface area is 127 Å². The van der Waals surface area contributed by atoms with Crippen LogP contribution in [0.3, 0.4) is 0 Å². The second kappa shape index (κ2) is 5.63. The smallest absolute Gasteiger partial charge is 0.262 e. The van der Waals surface area contributed by atoms with Crippen LogP contribution in [0.25, 0.3) is 4.96 Å². The molecule has 8 heteroatoms. The molecule has 1 fully saturated rings. The summed E-state index contributed by atoms with van der Waals surface area (Å²) in [4.78, 5) is 4.73. The molecule has 0 N–H and O–H groups in total. The maximum absolute atomic E-state index is 12.8. The number of aromatic nitrogens is 2. The first-order valence-corrected chi connectivity index (χ1v) is 9.41. The Kier molecular flexibility index (Phi) is 4.03. The number of rotatable bonds is 2. The van der Waals surface area contributed by atoms with Crippen molar-refractivity contribution in [3.63, 3.8) is 0 Å². The Bertz CT molecular complexity index is 699. The molecule has 110 valence electrons. The van der Waals surface area contributed by atoms with Crippen molar-refractivity contribution in [1.82, 2.24) is 13.7 Å². The van der Waals surface area contributed by atoms with Gasteiger partial charge in [0.05, 0.1) is 0 Å². The molecule has 1 aliphatic rings. The van der Waals surface area contributed by atoms with E-state index in [9.17, 15) is 8.42 Å². The van der Waals surface area contributed by atoms with E-state index < -0.39 is 10.0 Å². The monoisotopic (exact) mass is 333 g/mol. The molecule has 0 saturated carbocycles. The van der Waals surface area contributed by atoms with Gasteiger partial charge in [0.2, 0.25) is 0 Å². The van der Waals surface area contributed by atoms with Gasteiger partial charge in [0.1, 0.15) is 0 Å². The minimum Gasteiger partial charge on any atom is -0.279 e. The number of hydrogen-bond acceptors (Lipinski definition) is 4. The normalized spacial score (nSPS) is 19.1. The number of halogens is 1. The molecule has 5 nitrogen and oxygen atoms in total. The zero-order chi connectivity index (χ0) is 14.2. The summed E-state index contributed by atoms with van der Waals surface area (Å²) in [5.74, 6) is 0. The first-order chi connectivity index (χ1) is 9.60. The van der Waals surface area contributed by atoms with Crippen LogP contribution in [-0.4, -0.2) is 35.2 Å². The summed E-state index contributed by atoms with van der Waals surface area (Å²) in [6.07, 6.45) is 6.87. The summed E-state index contributed by atoms with van der Waals surface area (Å²) >= 11 is 7.43. The molecule has 1 aliphatic heterocycles. The highest BCUT2D eigenvalue weighted by molar-refractivity contribution is 7.89. The van der Waals surface area contributed by atoms with Crippen molar-refractivity contribution in [3.8, 4) is 0 Å². The average Bonchev–Trinajstić information content (AvgIpc) is 2.86. The van der Waals surface area contributed by atoms with Crippen LogP contribution in [-0.2, 0) is 10.0 Å². The third-order valence-corrected chi connectivity index (χ3v) is 6.63. The predicted octanol–water partition coefficient (Wildman–Crippen LogP) is 3.00. The van der Waals surface area contributed by atoms with E-state index in [0.29, 0.717) is 18.1 Å². The second-order valence-electron chi connectivity index (χ2n) is 4.94. The van der Waals surface area contributed by atoms with E-state index in [4.69, 9.17) is 11.6 Å². The lowest BCUT2D eigenvalue weighted by atomic mass is 10.1. The maximum Gasteiger partial charge on any atom is 0.262 e. The van der Waals surface area contributed by atoms with Crippen LogP contribution in [0.2, 0.25) is 5.15 Å². The Balaban J connectivity index is 2.01. The molecule has 0 atom stereocenters. The molecule has 0 amide bonds. The van der Waals surface area contributed by atoms with E-state index in [1.165, 1.54) is 17.8 Å². The highest BCUT2D eigenvalue weighted by Crippen LogP contribution is 2.29. The van der Waals surface area contributed by atoms with Gasteiger partial charge in [-0.3, -0.25) is 4.40 Å². The van der Waals surface area contributed by atoms with Gasteiger partial charge in [-0.15, -0.1) is 11.3 Å². The van der Waals surface area contributed by atoms with E-state index in [2.05, 4.69) is 4.98 Å². The topological polar surface area (TPSA) is 54.7 Å². The van der Waals surface area contributed by atoms with Crippen LogP contribution < -0.4 is 0 Å². The minimum atomic E-state index is -3.58. The number of fused-ring (bicyclic) bond motifs is 1. The van der Waals surface area contributed by atoms with E-state index in [1.54, 1.807) is 14.9 Å². The molecule has 0 bridgehead atoms. The van der Waals surface area contributed by atoms with E-state index in [0.717, 1.165) is 25.7 Å². The summed E-state index contributed by atoms with van der Waals surface area (Å²) in [6.45, 7) is 1.13. The van der Waals surface area contributed by atoms with Gasteiger partial charge in [0.25, 0.3) is 10.0 Å². The highest BCUT2D eigenvalue weighted by Gasteiger charge is 2.31. The largest absolute Gasteiger partial charge is 0.279 e. The van der Waals surface area contributed by atoms with E-state index >= 15 is 0 Å². The zero-order valence-corrected chi connectivity index (χ0v) is 13.3. The van der Waals surface area contributed by atoms with Crippen molar-refractivity contribution in [2.45, 2.75) is 37.1 Å². The van der Waals surface area contributed by atoms with E-state index in [1.807, 2.05) is 5.38 Å². The van der Waals surface area contributed by atoms with Crippen LogP contribution in [0.5, 0.6) is 0 Å². The molecule has 0 aliphatic carbocycles. The fourth-order valence-corrected chi connectivity index (χ4v) is 5.47. The molecular formula is C12H16ClN3O2S2. The fraction of sp³-hybridized carbons (Fsp3) is 0.583. The SMILES string of the molecule is O=S(=O)(c1c(Cl)nc2sccn12)N1CCCCCCC1. The quantitative estimate of drug-likeness (QED) is 0.849. The molecule has 0 spiro atoms. The summed E-state index contributed by atoms with van der Waals surface area (Å²) in [5, 5.41) is 1.99. The second-order valence-corrected chi connectivity index (χ2v) is 8.02. The van der Waals surface area contributed by atoms with Gasteiger partial charge in [-0.05, 0) is 12.8 Å². The van der Waals surface area contributed by atoms with Gasteiger partial charge in [0.15, 0.2) is 15.1 Å². The van der Waals surface area contributed by atoms with Crippen molar-refractivity contribution in [1.29, 1.82) is 0 Å². The summed E-state index contributed by atoms with van der Waals surface area (Å²) < 4.78 is 28.8. The average molecular weight is 334 g/mol. The Hall–Kier alpha value is -0.630. The fourth-order valence-electron chi connectivity index (χ4n) is 2.55. The van der Waals surface area contributed by atoms with Gasteiger partial charge in [-0.25, -0.2) is 13.4 Å². The van der Waals surface area contributed by atoms with Gasteiger partial charge in [-0.2, -0.15) is 4.31 Å². The molecule has 0 radical (unpaired) electrons. The Morgan fingerprint density at radius 3 is 2.50 bits per heavy atom. The highest BCUT2D eigenvalue weighted by atomic mass is 35.5. The third-order valence-electron chi connectivity index (χ3n) is 3.58. The number of thiazole rings is 1. The molecular weight excluding hydrogens is 318 g/mol. The first-order valence-electron chi connectivity index (χ1n) is 6.72. The summed E-state index contributed by atoms with van der Waals surface area (Å²) in [6, 6.07) is 0. The predicted molar refractivity (Wildman–Crippen MR) is 79.9 cm³/mol. The molecule has 1 saturated heterocycles. The molecule has 3 heterocycles. The lowest BCUT2D eigenvalue weighted by molar-refractivity contribution is 0.363. The number of imidazole rings is 1. The summed E-state index contributed by atoms with van der Waals surface area (Å²) in [7, 11) is -3.58. The zero-order valence-electron chi connectivity index (χ0n) is 11.0. The molecule has 0 aromatic carbocycles. The number of hydrogen-bond donors (Lipinski definition) is 0. The van der Waals surface area contributed by atoms with Gasteiger partial charge < -0.3 is 0 Å². The molecule has 0 unspecified atom stereocenters. The molecule has 20 heavy (non-hydrogen) atoms. The number of nitrogens with zero attached hydrogens (tertiary/aromatic N) is 3. The Morgan fingerprint density at radius 2 is 1.80 bits per heavy atom. The van der Waals surface area contributed by atoms with Gasteiger partial charge >= 0.3 is 0 Å². The van der Waals surface area contributed by atoms with E-state index in [-0.39, 0.29) is 10.2 Å². The number of sulfonamides is 1. The van der Waals surface area contributed by atoms with Crippen LogP contribution in [0.4, 0.5) is 0 Å². The van der Waals surface area contributed by atoms with Crippen molar-refractivity contribution < 1.29 is 8.42 Å². The lowest BCUT2D eigenvalue weighted by Crippen LogP contribution is -2.34. The maximum atomic E-state index is 12.8. The van der Waals surface area contributed by atoms with Crippen molar-refractivity contribution in [3.05, 3.63) is 16.7 Å². The van der Waals surface area contributed by atoms with Gasteiger partial charge in [0, 0.05) is 24.7 Å². The van der Waals surface area contributed by atoms with Crippen LogP contribution in [0, 0.1) is 0 Å². The lowest BCUT2D eigenvalue weighted by Gasteiger charge is -2.23. The van der Waals surface area contributed by atoms with Crippen LogP contribution in [0.15, 0.2) is 16.6 Å². The molecule has 2 aromatic heterocycles. The van der Waals surface area contributed by atoms with Crippen LogP contribution >= 0.6 is 22.9 Å². The van der Waals surface area contributed by atoms with Crippen LogP contribution in [0.1, 0.15) is 32.1 Å². The van der Waals surface area contributed by atoms with Gasteiger partial charge in [-0.1, -0.05) is 30.9 Å². The first kappa shape index (κ1) is 14.3. The molecule has 2 aromatic rings. The third kappa shape index (κ3) is 2.47. The minimum absolute atomic E-state index is 0.0684.